The first-order valence-electron chi connectivity index (χ1n) is 11.5. The van der Waals surface area contributed by atoms with Gasteiger partial charge in [0.2, 0.25) is 11.8 Å². The summed E-state index contributed by atoms with van der Waals surface area (Å²) in [5.74, 6) is 1.41. The van der Waals surface area contributed by atoms with Crippen LogP contribution in [-0.2, 0) is 16.8 Å². The maximum Gasteiger partial charge on any atom is 0.226 e. The molecule has 0 radical (unpaired) electrons. The highest BCUT2D eigenvalue weighted by Gasteiger charge is 2.52. The summed E-state index contributed by atoms with van der Waals surface area (Å²) in [6.45, 7) is 0.778. The van der Waals surface area contributed by atoms with Gasteiger partial charge in [0, 0.05) is 36.3 Å². The molecular weight excluding hydrogens is 421 g/mol. The third-order valence-electron chi connectivity index (χ3n) is 7.50. The molecule has 33 heavy (non-hydrogen) atoms. The summed E-state index contributed by atoms with van der Waals surface area (Å²) >= 11 is 0. The van der Waals surface area contributed by atoms with Crippen LogP contribution >= 0.6 is 0 Å². The molecule has 5 rings (SSSR count). The molecule has 0 unspecified atom stereocenters. The molecule has 1 amide bonds. The van der Waals surface area contributed by atoms with Crippen molar-refractivity contribution in [2.75, 3.05) is 20.3 Å². The number of nitrogens with one attached hydrogen (secondary N) is 1. The van der Waals surface area contributed by atoms with Crippen molar-refractivity contribution in [1.29, 1.82) is 0 Å². The van der Waals surface area contributed by atoms with Gasteiger partial charge in [0.15, 0.2) is 0 Å². The molecule has 0 atom stereocenters. The van der Waals surface area contributed by atoms with E-state index in [4.69, 9.17) is 15.2 Å². The van der Waals surface area contributed by atoms with Gasteiger partial charge >= 0.3 is 0 Å². The summed E-state index contributed by atoms with van der Waals surface area (Å²) in [4.78, 5) is 17.3. The summed E-state index contributed by atoms with van der Waals surface area (Å²) in [5, 5.41) is 3.15. The second-order valence-corrected chi connectivity index (χ2v) is 9.23. The molecule has 1 aromatic heterocycles. The highest BCUT2D eigenvalue weighted by atomic mass is 19.1. The Balaban J connectivity index is 1.34. The highest BCUT2D eigenvalue weighted by Crippen LogP contribution is 2.57. The number of aromatic nitrogens is 1. The van der Waals surface area contributed by atoms with Crippen LogP contribution in [0.5, 0.6) is 11.6 Å². The number of hydrogen-bond acceptors (Lipinski definition) is 5. The quantitative estimate of drug-likeness (QED) is 0.595. The van der Waals surface area contributed by atoms with Crippen molar-refractivity contribution in [2.24, 2.45) is 11.1 Å². The molecule has 2 aromatic rings. The Labute approximate surface area is 194 Å². The average Bonchev–Trinajstić information content (AvgIpc) is 2.89. The van der Waals surface area contributed by atoms with Gasteiger partial charge < -0.3 is 20.5 Å². The molecule has 1 heterocycles. The molecule has 0 spiro atoms. The van der Waals surface area contributed by atoms with E-state index in [0.29, 0.717) is 30.1 Å². The van der Waals surface area contributed by atoms with E-state index in [0.717, 1.165) is 44.1 Å². The van der Waals surface area contributed by atoms with Gasteiger partial charge in [-0.25, -0.2) is 9.37 Å². The van der Waals surface area contributed by atoms with Gasteiger partial charge in [-0.2, -0.15) is 0 Å². The van der Waals surface area contributed by atoms with E-state index in [1.54, 1.807) is 13.3 Å². The van der Waals surface area contributed by atoms with E-state index in [1.807, 2.05) is 24.3 Å². The fraction of sp³-hybridized carbons (Fsp3) is 0.462. The normalized spacial score (nSPS) is 24.4. The predicted octanol–water partition coefficient (Wildman–Crippen LogP) is 4.19. The molecular formula is C26H32FN3O3. The van der Waals surface area contributed by atoms with Gasteiger partial charge in [0.05, 0.1) is 13.4 Å². The molecule has 7 heteroatoms. The number of nitrogens with zero attached hydrogens (tertiary/aromatic N) is 1. The largest absolute Gasteiger partial charge is 0.489 e. The standard InChI is InChI=1S/C26H32FN3O3/c1-32-23-14-19(6-13-29-23)17-30-24(31)26-10-7-25(8-11-26,9-12-26)21-2-4-22(5-3-21)33-18-20(15-27)16-28/h2-6,13-15H,7-12,16-18,28H2,1H3,(H,30,31). The maximum absolute atomic E-state index is 13.2. The third-order valence-corrected chi connectivity index (χ3v) is 7.50. The van der Waals surface area contributed by atoms with E-state index >= 15 is 0 Å². The fourth-order valence-corrected chi connectivity index (χ4v) is 5.22. The third kappa shape index (κ3) is 4.88. The molecule has 2 bridgehead atoms. The summed E-state index contributed by atoms with van der Waals surface area (Å²) < 4.78 is 23.5. The number of carbonyl (C=O) groups is 1. The molecule has 6 nitrogen and oxygen atoms in total. The van der Waals surface area contributed by atoms with Gasteiger partial charge in [-0.15, -0.1) is 0 Å². The number of rotatable bonds is 9. The van der Waals surface area contributed by atoms with Crippen molar-refractivity contribution >= 4 is 5.91 Å². The minimum atomic E-state index is -0.265. The lowest BCUT2D eigenvalue weighted by Gasteiger charge is -2.52. The molecule has 3 aliphatic carbocycles. The number of pyridine rings is 1. The zero-order valence-electron chi connectivity index (χ0n) is 19.1. The van der Waals surface area contributed by atoms with Crippen molar-refractivity contribution in [3.05, 3.63) is 65.6 Å². The van der Waals surface area contributed by atoms with Crippen LogP contribution in [0.1, 0.15) is 49.7 Å². The first-order valence-corrected chi connectivity index (χ1v) is 11.5. The first kappa shape index (κ1) is 23.2. The Bertz CT molecular complexity index is 982. The number of amides is 1. The zero-order valence-corrected chi connectivity index (χ0v) is 19.1. The average molecular weight is 454 g/mol. The minimum Gasteiger partial charge on any atom is -0.489 e. The van der Waals surface area contributed by atoms with Crippen LogP contribution in [0.4, 0.5) is 4.39 Å². The van der Waals surface area contributed by atoms with Crippen LogP contribution in [-0.4, -0.2) is 31.2 Å². The summed E-state index contributed by atoms with van der Waals surface area (Å²) in [5.41, 5.74) is 8.04. The summed E-state index contributed by atoms with van der Waals surface area (Å²) in [6.07, 6.45) is 7.92. The van der Waals surface area contributed by atoms with Crippen LogP contribution in [0.3, 0.4) is 0 Å². The van der Waals surface area contributed by atoms with E-state index in [2.05, 4.69) is 22.4 Å². The zero-order chi connectivity index (χ0) is 23.3. The van der Waals surface area contributed by atoms with Gasteiger partial charge in [-0.1, -0.05) is 12.1 Å². The van der Waals surface area contributed by atoms with Gasteiger partial charge in [0.1, 0.15) is 12.4 Å². The number of ether oxygens (including phenoxy) is 2. The van der Waals surface area contributed by atoms with E-state index in [1.165, 1.54) is 5.56 Å². The second kappa shape index (κ2) is 9.91. The van der Waals surface area contributed by atoms with Gasteiger partial charge in [0.25, 0.3) is 0 Å². The Morgan fingerprint density at radius 2 is 1.85 bits per heavy atom. The lowest BCUT2D eigenvalue weighted by atomic mass is 9.51. The maximum atomic E-state index is 13.2. The minimum absolute atomic E-state index is 0.125. The SMILES string of the molecule is COc1cc(CNC(=O)C23CCC(c4ccc(OCC(=CF)CN)cc4)(CC2)CC3)ccn1. The molecule has 3 N–H and O–H groups in total. The number of carbonyl (C=O) groups excluding carboxylic acids is 1. The topological polar surface area (TPSA) is 86.5 Å². The Hall–Kier alpha value is -2.93. The van der Waals surface area contributed by atoms with Crippen molar-refractivity contribution in [2.45, 2.75) is 50.5 Å². The monoisotopic (exact) mass is 453 g/mol. The Morgan fingerprint density at radius 3 is 2.45 bits per heavy atom. The second-order valence-electron chi connectivity index (χ2n) is 9.23. The lowest BCUT2D eigenvalue weighted by Crippen LogP contribution is -2.51. The van der Waals surface area contributed by atoms with Crippen molar-refractivity contribution in [3.8, 4) is 11.6 Å². The van der Waals surface area contributed by atoms with E-state index in [9.17, 15) is 9.18 Å². The number of hydrogen-bond donors (Lipinski definition) is 2. The number of methoxy groups -OCH3 is 1. The lowest BCUT2D eigenvalue weighted by molar-refractivity contribution is -0.138. The molecule has 3 fully saturated rings. The summed E-state index contributed by atoms with van der Waals surface area (Å²) in [7, 11) is 1.59. The van der Waals surface area contributed by atoms with E-state index < -0.39 is 0 Å². The number of nitrogens with two attached hydrogens (primary N) is 1. The molecule has 176 valence electrons. The molecule has 3 saturated carbocycles. The van der Waals surface area contributed by atoms with Gasteiger partial charge in [-0.3, -0.25) is 4.79 Å². The van der Waals surface area contributed by atoms with Crippen LogP contribution in [0.25, 0.3) is 0 Å². The molecule has 3 aliphatic rings. The van der Waals surface area contributed by atoms with Crippen molar-refractivity contribution in [3.63, 3.8) is 0 Å². The van der Waals surface area contributed by atoms with E-state index in [-0.39, 0.29) is 29.9 Å². The predicted molar refractivity (Wildman–Crippen MR) is 125 cm³/mol. The first-order chi connectivity index (χ1) is 16.0. The highest BCUT2D eigenvalue weighted by molar-refractivity contribution is 5.83. The van der Waals surface area contributed by atoms with Crippen LogP contribution < -0.4 is 20.5 Å². The molecule has 0 saturated heterocycles. The Kier molecular flexibility index (Phi) is 6.98. The Morgan fingerprint density at radius 1 is 1.15 bits per heavy atom. The molecule has 1 aromatic carbocycles. The van der Waals surface area contributed by atoms with Crippen LogP contribution in [0.2, 0.25) is 0 Å². The van der Waals surface area contributed by atoms with Crippen molar-refractivity contribution in [1.82, 2.24) is 10.3 Å². The van der Waals surface area contributed by atoms with Crippen molar-refractivity contribution < 1.29 is 18.7 Å². The van der Waals surface area contributed by atoms with Crippen LogP contribution in [0.15, 0.2) is 54.5 Å². The fourth-order valence-electron chi connectivity index (χ4n) is 5.22. The van der Waals surface area contributed by atoms with Gasteiger partial charge in [-0.05, 0) is 73.3 Å². The number of benzene rings is 1. The molecule has 0 aliphatic heterocycles. The number of fused-ring (bicyclic) bond motifs is 3. The number of halogens is 1. The smallest absolute Gasteiger partial charge is 0.226 e. The van der Waals surface area contributed by atoms with Crippen LogP contribution in [0, 0.1) is 5.41 Å². The summed E-state index contributed by atoms with van der Waals surface area (Å²) in [6, 6.07) is 11.9.